The minimum Gasteiger partial charge on any atom is -0.460 e. The lowest BCUT2D eigenvalue weighted by molar-refractivity contribution is -0.142. The number of carbonyl (C=O) groups excluding carboxylic acids is 2. The van der Waals surface area contributed by atoms with Crippen LogP contribution in [0.1, 0.15) is 53.0 Å². The number of halogens is 2. The fraction of sp³-hybridized carbons (Fsp3) is 0.538. The number of allylic oxidation sites excluding steroid dienone is 2. The second-order valence-electron chi connectivity index (χ2n) is 8.66. The summed E-state index contributed by atoms with van der Waals surface area (Å²) < 4.78 is 52.8. The molecule has 1 aliphatic heterocycles. The van der Waals surface area contributed by atoms with Crippen LogP contribution in [0.2, 0.25) is 0 Å². The van der Waals surface area contributed by atoms with Crippen LogP contribution >= 0.6 is 0 Å². The molecule has 0 aromatic heterocycles. The van der Waals surface area contributed by atoms with Gasteiger partial charge >= 0.3 is 18.6 Å². The van der Waals surface area contributed by atoms with E-state index in [2.05, 4.69) is 5.32 Å². The number of nitrogens with one attached hydrogen (secondary N) is 1. The van der Waals surface area contributed by atoms with Crippen molar-refractivity contribution in [1.29, 1.82) is 0 Å². The maximum atomic E-state index is 13.2. The molecule has 0 saturated carbocycles. The Labute approximate surface area is 210 Å². The fourth-order valence-corrected chi connectivity index (χ4v) is 3.76. The SMILES string of the molecule is CC1=C(C(=O)OCCOC(C)C)C(c2ccccc2OC(F)F)C(C(=O)OCCOC(C)C)=C(C)N1. The van der Waals surface area contributed by atoms with E-state index in [4.69, 9.17) is 23.7 Å². The van der Waals surface area contributed by atoms with Crippen LogP contribution < -0.4 is 10.1 Å². The molecule has 1 heterocycles. The van der Waals surface area contributed by atoms with Crippen LogP contribution in [0.4, 0.5) is 8.78 Å². The number of carbonyl (C=O) groups is 2. The number of ether oxygens (including phenoxy) is 5. The average molecular weight is 512 g/mol. The Hall–Kier alpha value is -2.98. The van der Waals surface area contributed by atoms with E-state index in [0.29, 0.717) is 11.4 Å². The molecule has 0 fully saturated rings. The molecule has 200 valence electrons. The third-order valence-corrected chi connectivity index (χ3v) is 5.18. The molecule has 0 bridgehead atoms. The van der Waals surface area contributed by atoms with Crippen LogP contribution in [0.15, 0.2) is 46.8 Å². The number of dihydropyridines is 1. The van der Waals surface area contributed by atoms with Crippen LogP contribution in [-0.4, -0.2) is 57.2 Å². The van der Waals surface area contributed by atoms with Gasteiger partial charge in [0.25, 0.3) is 0 Å². The number of alkyl halides is 2. The van der Waals surface area contributed by atoms with Crippen LogP contribution in [0.3, 0.4) is 0 Å². The Morgan fingerprint density at radius 3 is 1.75 bits per heavy atom. The highest BCUT2D eigenvalue weighted by Crippen LogP contribution is 2.43. The van der Waals surface area contributed by atoms with Gasteiger partial charge in [0.15, 0.2) is 0 Å². The summed E-state index contributed by atoms with van der Waals surface area (Å²) in [5.41, 5.74) is 1.20. The predicted octanol–water partition coefficient (Wildman–Crippen LogP) is 4.46. The van der Waals surface area contributed by atoms with Crippen LogP contribution in [0, 0.1) is 0 Å². The van der Waals surface area contributed by atoms with E-state index in [-0.39, 0.29) is 61.1 Å². The molecule has 8 nitrogen and oxygen atoms in total. The molecule has 0 spiro atoms. The molecular formula is C26H35F2NO7. The van der Waals surface area contributed by atoms with Crippen molar-refractivity contribution in [2.24, 2.45) is 0 Å². The molecule has 0 aliphatic carbocycles. The number of para-hydroxylation sites is 1. The first kappa shape index (κ1) is 29.3. The van der Waals surface area contributed by atoms with Crippen molar-refractivity contribution in [2.75, 3.05) is 26.4 Å². The highest BCUT2D eigenvalue weighted by molar-refractivity contribution is 6.00. The molecule has 0 radical (unpaired) electrons. The van der Waals surface area contributed by atoms with Crippen LogP contribution in [0.5, 0.6) is 5.75 Å². The molecule has 1 aromatic carbocycles. The van der Waals surface area contributed by atoms with Gasteiger partial charge in [-0.1, -0.05) is 18.2 Å². The molecule has 0 saturated heterocycles. The van der Waals surface area contributed by atoms with Crippen molar-refractivity contribution < 1.29 is 42.1 Å². The molecule has 36 heavy (non-hydrogen) atoms. The number of esters is 2. The summed E-state index contributed by atoms with van der Waals surface area (Å²) in [5.74, 6) is -2.67. The zero-order valence-electron chi connectivity index (χ0n) is 21.6. The number of benzene rings is 1. The minimum atomic E-state index is -3.10. The van der Waals surface area contributed by atoms with E-state index >= 15 is 0 Å². The van der Waals surface area contributed by atoms with Gasteiger partial charge < -0.3 is 29.0 Å². The average Bonchev–Trinajstić information content (AvgIpc) is 2.78. The van der Waals surface area contributed by atoms with Gasteiger partial charge in [-0.15, -0.1) is 0 Å². The van der Waals surface area contributed by atoms with Crippen molar-refractivity contribution in [3.05, 3.63) is 52.4 Å². The third-order valence-electron chi connectivity index (χ3n) is 5.18. The summed E-state index contributed by atoms with van der Waals surface area (Å²) in [6.45, 7) is 7.92. The van der Waals surface area contributed by atoms with Crippen LogP contribution in [-0.2, 0) is 28.5 Å². The van der Waals surface area contributed by atoms with E-state index in [0.717, 1.165) is 0 Å². The van der Waals surface area contributed by atoms with Crippen molar-refractivity contribution in [3.8, 4) is 5.75 Å². The standard InChI is InChI=1S/C26H35F2NO7/c1-15(2)32-11-13-34-24(30)21-17(5)29-18(6)22(25(31)35-14-12-33-16(3)4)23(21)19-9-7-8-10-20(19)36-26(27)28/h7-10,15-16,23,26,29H,11-14H2,1-6H3. The summed E-state index contributed by atoms with van der Waals surface area (Å²) in [6, 6.07) is 6.02. The van der Waals surface area contributed by atoms with Crippen molar-refractivity contribution in [2.45, 2.75) is 66.3 Å². The molecule has 2 rings (SSSR count). The van der Waals surface area contributed by atoms with E-state index in [1.54, 1.807) is 19.9 Å². The third kappa shape index (κ3) is 8.30. The minimum absolute atomic E-state index is 0.0231. The van der Waals surface area contributed by atoms with Gasteiger partial charge in [-0.3, -0.25) is 0 Å². The topological polar surface area (TPSA) is 92.3 Å². The van der Waals surface area contributed by atoms with Gasteiger partial charge in [-0.25, -0.2) is 9.59 Å². The molecule has 1 aromatic rings. The first-order chi connectivity index (χ1) is 17.0. The van der Waals surface area contributed by atoms with Crippen LogP contribution in [0.25, 0.3) is 0 Å². The van der Waals surface area contributed by atoms with E-state index in [1.165, 1.54) is 18.2 Å². The molecule has 0 unspecified atom stereocenters. The molecule has 0 atom stereocenters. The van der Waals surface area contributed by atoms with E-state index < -0.39 is 24.5 Å². The summed E-state index contributed by atoms with van der Waals surface area (Å²) in [7, 11) is 0. The van der Waals surface area contributed by atoms with E-state index in [9.17, 15) is 18.4 Å². The maximum Gasteiger partial charge on any atom is 0.387 e. The van der Waals surface area contributed by atoms with Crippen molar-refractivity contribution in [3.63, 3.8) is 0 Å². The molecular weight excluding hydrogens is 476 g/mol. The Bertz CT molecular complexity index is 923. The summed E-state index contributed by atoms with van der Waals surface area (Å²) in [6.07, 6.45) is -0.0856. The van der Waals surface area contributed by atoms with Gasteiger partial charge in [0.2, 0.25) is 0 Å². The summed E-state index contributed by atoms with van der Waals surface area (Å²) in [4.78, 5) is 26.4. The highest BCUT2D eigenvalue weighted by atomic mass is 19.3. The predicted molar refractivity (Wildman–Crippen MR) is 128 cm³/mol. The Kier molecular flexibility index (Phi) is 11.3. The molecule has 0 amide bonds. The summed E-state index contributed by atoms with van der Waals surface area (Å²) in [5, 5.41) is 3.02. The smallest absolute Gasteiger partial charge is 0.387 e. The quantitative estimate of drug-likeness (QED) is 0.307. The second-order valence-corrected chi connectivity index (χ2v) is 8.66. The maximum absolute atomic E-state index is 13.2. The lowest BCUT2D eigenvalue weighted by atomic mass is 9.80. The largest absolute Gasteiger partial charge is 0.460 e. The van der Waals surface area contributed by atoms with E-state index in [1.807, 2.05) is 27.7 Å². The van der Waals surface area contributed by atoms with Crippen molar-refractivity contribution >= 4 is 11.9 Å². The lowest BCUT2D eigenvalue weighted by Gasteiger charge is -2.31. The first-order valence-corrected chi connectivity index (χ1v) is 11.8. The molecule has 1 N–H and O–H groups in total. The fourth-order valence-electron chi connectivity index (χ4n) is 3.76. The lowest BCUT2D eigenvalue weighted by Crippen LogP contribution is -2.33. The van der Waals surface area contributed by atoms with Gasteiger partial charge in [-0.05, 0) is 47.6 Å². The zero-order valence-corrected chi connectivity index (χ0v) is 21.6. The number of hydrogen-bond donors (Lipinski definition) is 1. The summed E-state index contributed by atoms with van der Waals surface area (Å²) >= 11 is 0. The van der Waals surface area contributed by atoms with Crippen molar-refractivity contribution in [1.82, 2.24) is 5.32 Å². The van der Waals surface area contributed by atoms with Gasteiger partial charge in [0.1, 0.15) is 19.0 Å². The zero-order chi connectivity index (χ0) is 26.8. The Balaban J connectivity index is 2.45. The Morgan fingerprint density at radius 1 is 0.833 bits per heavy atom. The monoisotopic (exact) mass is 511 g/mol. The van der Waals surface area contributed by atoms with Gasteiger partial charge in [0.05, 0.1) is 42.5 Å². The number of hydrogen-bond acceptors (Lipinski definition) is 8. The molecule has 1 aliphatic rings. The van der Waals surface area contributed by atoms with Gasteiger partial charge in [-0.2, -0.15) is 8.78 Å². The first-order valence-electron chi connectivity index (χ1n) is 11.8. The highest BCUT2D eigenvalue weighted by Gasteiger charge is 2.39. The normalized spacial score (nSPS) is 14.5. The number of rotatable bonds is 13. The molecule has 10 heteroatoms. The van der Waals surface area contributed by atoms with Gasteiger partial charge in [0, 0.05) is 17.0 Å². The second kappa shape index (κ2) is 13.9. The Morgan fingerprint density at radius 2 is 1.31 bits per heavy atom.